The van der Waals surface area contributed by atoms with E-state index in [0.29, 0.717) is 0 Å². The third kappa shape index (κ3) is 4.85. The molecule has 1 rings (SSSR count). The number of unbranched alkanes of at least 4 members (excludes halogenated alkanes) is 2. The molecule has 0 aliphatic heterocycles. The van der Waals surface area contributed by atoms with Crippen molar-refractivity contribution in [3.05, 3.63) is 24.0 Å². The van der Waals surface area contributed by atoms with E-state index < -0.39 is 5.82 Å². The summed E-state index contributed by atoms with van der Waals surface area (Å²) in [6.07, 6.45) is 3.43. The summed E-state index contributed by atoms with van der Waals surface area (Å²) in [5.74, 6) is -0.689. The molecule has 1 aromatic rings. The van der Waals surface area contributed by atoms with E-state index in [1.54, 1.807) is 12.1 Å². The number of rotatable bonds is 6. The number of amides is 1. The quantitative estimate of drug-likeness (QED) is 0.746. The highest BCUT2D eigenvalue weighted by Gasteiger charge is 2.04. The zero-order valence-corrected chi connectivity index (χ0v) is 10.3. The first kappa shape index (κ1) is 13.5. The van der Waals surface area contributed by atoms with Gasteiger partial charge in [0.1, 0.15) is 5.82 Å². The second-order valence-electron chi connectivity index (χ2n) is 4.01. The van der Waals surface area contributed by atoms with E-state index in [1.165, 1.54) is 25.8 Å². The van der Waals surface area contributed by atoms with Crippen LogP contribution in [0.1, 0.15) is 33.1 Å². The lowest BCUT2D eigenvalue weighted by Crippen LogP contribution is -2.08. The fraction of sp³-hybridized carbons (Fsp3) is 0.462. The van der Waals surface area contributed by atoms with Crippen LogP contribution in [-0.2, 0) is 4.79 Å². The number of carbonyl (C=O) groups excluding carboxylic acids is 1. The smallest absolute Gasteiger partial charge is 0.221 e. The summed E-state index contributed by atoms with van der Waals surface area (Å²) in [6.45, 7) is 4.37. The van der Waals surface area contributed by atoms with Crippen LogP contribution in [0.2, 0.25) is 0 Å². The van der Waals surface area contributed by atoms with Gasteiger partial charge in [0.05, 0.1) is 5.69 Å². The molecule has 0 fully saturated rings. The monoisotopic (exact) mass is 238 g/mol. The molecule has 0 spiro atoms. The minimum atomic E-state index is -0.417. The van der Waals surface area contributed by atoms with Crippen LogP contribution < -0.4 is 10.6 Å². The maximum atomic E-state index is 13.3. The highest BCUT2D eigenvalue weighted by atomic mass is 19.1. The van der Waals surface area contributed by atoms with E-state index in [2.05, 4.69) is 17.6 Å². The van der Waals surface area contributed by atoms with Crippen molar-refractivity contribution in [3.63, 3.8) is 0 Å². The number of hydrogen-bond acceptors (Lipinski definition) is 2. The van der Waals surface area contributed by atoms with Gasteiger partial charge in [-0.1, -0.05) is 19.8 Å². The fourth-order valence-corrected chi connectivity index (χ4v) is 1.53. The highest BCUT2D eigenvalue weighted by molar-refractivity contribution is 5.89. The van der Waals surface area contributed by atoms with E-state index in [4.69, 9.17) is 0 Å². The standard InChI is InChI=1S/C13H19FN2O/c1-3-4-5-8-15-11-6-7-12(14)13(9-11)16-10(2)17/h6-7,9,15H,3-5,8H2,1-2H3,(H,16,17). The van der Waals surface area contributed by atoms with Gasteiger partial charge in [0.15, 0.2) is 0 Å². The number of halogens is 1. The highest BCUT2D eigenvalue weighted by Crippen LogP contribution is 2.19. The van der Waals surface area contributed by atoms with Crippen molar-refractivity contribution in [1.29, 1.82) is 0 Å². The lowest BCUT2D eigenvalue weighted by atomic mass is 10.2. The van der Waals surface area contributed by atoms with Crippen molar-refractivity contribution in [2.75, 3.05) is 17.2 Å². The first-order chi connectivity index (χ1) is 8.13. The maximum Gasteiger partial charge on any atom is 0.221 e. The lowest BCUT2D eigenvalue weighted by molar-refractivity contribution is -0.114. The Hall–Kier alpha value is -1.58. The molecular formula is C13H19FN2O. The largest absolute Gasteiger partial charge is 0.385 e. The molecule has 0 radical (unpaired) electrons. The normalized spacial score (nSPS) is 10.1. The molecule has 0 heterocycles. The molecule has 3 nitrogen and oxygen atoms in total. The first-order valence-electron chi connectivity index (χ1n) is 5.94. The Labute approximate surface area is 101 Å². The van der Waals surface area contributed by atoms with Crippen LogP contribution in [0, 0.1) is 5.82 Å². The summed E-state index contributed by atoms with van der Waals surface area (Å²) in [7, 11) is 0. The summed E-state index contributed by atoms with van der Waals surface area (Å²) in [5, 5.41) is 5.66. The lowest BCUT2D eigenvalue weighted by Gasteiger charge is -2.09. The molecule has 0 saturated heterocycles. The third-order valence-corrected chi connectivity index (χ3v) is 2.39. The Morgan fingerprint density at radius 2 is 2.12 bits per heavy atom. The zero-order valence-electron chi connectivity index (χ0n) is 10.3. The minimum absolute atomic E-state index is 0.220. The average Bonchev–Trinajstić information content (AvgIpc) is 2.28. The second kappa shape index (κ2) is 6.89. The topological polar surface area (TPSA) is 41.1 Å². The van der Waals surface area contributed by atoms with E-state index in [9.17, 15) is 9.18 Å². The Bertz CT molecular complexity index is 380. The van der Waals surface area contributed by atoms with Gasteiger partial charge in [0.2, 0.25) is 5.91 Å². The van der Waals surface area contributed by atoms with Gasteiger partial charge in [-0.05, 0) is 24.6 Å². The van der Waals surface area contributed by atoms with Crippen molar-refractivity contribution in [2.24, 2.45) is 0 Å². The van der Waals surface area contributed by atoms with Gasteiger partial charge < -0.3 is 10.6 Å². The van der Waals surface area contributed by atoms with Gasteiger partial charge in [0.25, 0.3) is 0 Å². The Morgan fingerprint density at radius 3 is 2.76 bits per heavy atom. The molecule has 1 amide bonds. The van der Waals surface area contributed by atoms with Gasteiger partial charge in [-0.2, -0.15) is 0 Å². The Morgan fingerprint density at radius 1 is 1.35 bits per heavy atom. The SMILES string of the molecule is CCCCCNc1ccc(F)c(NC(C)=O)c1. The minimum Gasteiger partial charge on any atom is -0.385 e. The molecule has 0 saturated carbocycles. The average molecular weight is 238 g/mol. The predicted molar refractivity (Wildman–Crippen MR) is 68.7 cm³/mol. The maximum absolute atomic E-state index is 13.3. The predicted octanol–water partition coefficient (Wildman–Crippen LogP) is 3.39. The first-order valence-corrected chi connectivity index (χ1v) is 5.94. The van der Waals surface area contributed by atoms with Crippen LogP contribution in [0.4, 0.5) is 15.8 Å². The molecule has 0 atom stereocenters. The van der Waals surface area contributed by atoms with Gasteiger partial charge in [-0.15, -0.1) is 0 Å². The van der Waals surface area contributed by atoms with Gasteiger partial charge in [-0.3, -0.25) is 4.79 Å². The summed E-state index contributed by atoms with van der Waals surface area (Å²) in [4.78, 5) is 10.9. The van der Waals surface area contributed by atoms with E-state index in [0.717, 1.165) is 18.7 Å². The number of anilines is 2. The van der Waals surface area contributed by atoms with Crippen LogP contribution in [-0.4, -0.2) is 12.5 Å². The molecule has 4 heteroatoms. The molecular weight excluding hydrogens is 219 g/mol. The molecule has 0 aromatic heterocycles. The van der Waals surface area contributed by atoms with E-state index >= 15 is 0 Å². The molecule has 0 unspecified atom stereocenters. The second-order valence-corrected chi connectivity index (χ2v) is 4.01. The van der Waals surface area contributed by atoms with Crippen LogP contribution in [0.15, 0.2) is 18.2 Å². The number of benzene rings is 1. The molecule has 17 heavy (non-hydrogen) atoms. The number of hydrogen-bond donors (Lipinski definition) is 2. The van der Waals surface area contributed by atoms with E-state index in [-0.39, 0.29) is 11.6 Å². The summed E-state index contributed by atoms with van der Waals surface area (Å²) < 4.78 is 13.3. The zero-order chi connectivity index (χ0) is 12.7. The van der Waals surface area contributed by atoms with Crippen molar-refractivity contribution < 1.29 is 9.18 Å². The molecule has 0 aliphatic rings. The third-order valence-electron chi connectivity index (χ3n) is 2.39. The fourth-order valence-electron chi connectivity index (χ4n) is 1.53. The van der Waals surface area contributed by atoms with Crippen LogP contribution in [0.5, 0.6) is 0 Å². The van der Waals surface area contributed by atoms with Crippen LogP contribution in [0.3, 0.4) is 0 Å². The summed E-state index contributed by atoms with van der Waals surface area (Å²) in [6, 6.07) is 4.64. The molecule has 0 aliphatic carbocycles. The summed E-state index contributed by atoms with van der Waals surface area (Å²) >= 11 is 0. The molecule has 0 bridgehead atoms. The molecule has 2 N–H and O–H groups in total. The Balaban J connectivity index is 2.58. The van der Waals surface area contributed by atoms with Crippen molar-refractivity contribution in [2.45, 2.75) is 33.1 Å². The number of nitrogens with one attached hydrogen (secondary N) is 2. The van der Waals surface area contributed by atoms with Crippen molar-refractivity contribution in [1.82, 2.24) is 0 Å². The van der Waals surface area contributed by atoms with Crippen LogP contribution >= 0.6 is 0 Å². The number of carbonyl (C=O) groups is 1. The van der Waals surface area contributed by atoms with Gasteiger partial charge in [-0.25, -0.2) is 4.39 Å². The molecule has 1 aromatic carbocycles. The van der Waals surface area contributed by atoms with Gasteiger partial charge >= 0.3 is 0 Å². The summed E-state index contributed by atoms with van der Waals surface area (Å²) in [5.41, 5.74) is 1.05. The molecule has 94 valence electrons. The van der Waals surface area contributed by atoms with E-state index in [1.807, 2.05) is 0 Å². The van der Waals surface area contributed by atoms with Crippen molar-refractivity contribution in [3.8, 4) is 0 Å². The van der Waals surface area contributed by atoms with Crippen molar-refractivity contribution >= 4 is 17.3 Å². The van der Waals surface area contributed by atoms with Gasteiger partial charge in [0, 0.05) is 19.2 Å². The van der Waals surface area contributed by atoms with Crippen LogP contribution in [0.25, 0.3) is 0 Å². The Kier molecular flexibility index (Phi) is 5.46.